The second kappa shape index (κ2) is 8.57. The number of carbonyl (C=O) groups is 1. The van der Waals surface area contributed by atoms with E-state index in [4.69, 9.17) is 0 Å². The van der Waals surface area contributed by atoms with Gasteiger partial charge in [-0.05, 0) is 12.5 Å². The number of carbonyl (C=O) groups excluding carboxylic acids is 1. The molecule has 21 heavy (non-hydrogen) atoms. The molecule has 112 valence electrons. The number of aliphatic hydroxyl groups excluding tert-OH is 1. The average molecular weight is 306 g/mol. The molecule has 0 aliphatic rings. The Bertz CT molecular complexity index is 543. The molecule has 0 aliphatic heterocycles. The first-order valence-electron chi connectivity index (χ1n) is 6.74. The summed E-state index contributed by atoms with van der Waals surface area (Å²) in [7, 11) is 0. The second-order valence-electron chi connectivity index (χ2n) is 4.83. The van der Waals surface area contributed by atoms with Crippen molar-refractivity contribution in [2.75, 3.05) is 6.54 Å². The number of benzene rings is 2. The third-order valence-corrected chi connectivity index (χ3v) is 3.07. The van der Waals surface area contributed by atoms with Crippen molar-refractivity contribution in [3.05, 3.63) is 71.8 Å². The Morgan fingerprint density at radius 3 is 2.10 bits per heavy atom. The Morgan fingerprint density at radius 1 is 1.05 bits per heavy atom. The van der Waals surface area contributed by atoms with Gasteiger partial charge >= 0.3 is 0 Å². The molecule has 0 spiro atoms. The Kier molecular flexibility index (Phi) is 7.09. The topological polar surface area (TPSA) is 49.3 Å². The van der Waals surface area contributed by atoms with Gasteiger partial charge in [0, 0.05) is 12.1 Å². The number of hydrogen-bond acceptors (Lipinski definition) is 3. The molecule has 0 aliphatic carbocycles. The number of hydrogen-bond donors (Lipinski definition) is 2. The van der Waals surface area contributed by atoms with Crippen LogP contribution in [0.2, 0.25) is 0 Å². The first-order valence-corrected chi connectivity index (χ1v) is 6.74. The van der Waals surface area contributed by atoms with Crippen LogP contribution in [0.1, 0.15) is 28.9 Å². The number of nitrogens with one attached hydrogen (secondary N) is 1. The van der Waals surface area contributed by atoms with Gasteiger partial charge in [-0.25, -0.2) is 0 Å². The van der Waals surface area contributed by atoms with Gasteiger partial charge < -0.3 is 10.4 Å². The maximum atomic E-state index is 12.6. The summed E-state index contributed by atoms with van der Waals surface area (Å²) in [5.41, 5.74) is 1.57. The van der Waals surface area contributed by atoms with E-state index in [2.05, 4.69) is 5.32 Å². The van der Waals surface area contributed by atoms with Crippen LogP contribution < -0.4 is 5.32 Å². The minimum Gasteiger partial charge on any atom is -0.392 e. The fourth-order valence-electron chi connectivity index (χ4n) is 2.06. The zero-order chi connectivity index (χ0) is 14.4. The van der Waals surface area contributed by atoms with E-state index in [1.807, 2.05) is 60.7 Å². The lowest BCUT2D eigenvalue weighted by atomic mass is 9.97. The monoisotopic (exact) mass is 305 g/mol. The van der Waals surface area contributed by atoms with Crippen LogP contribution in [0.15, 0.2) is 60.7 Å². The fraction of sp³-hybridized carbons (Fsp3) is 0.235. The van der Waals surface area contributed by atoms with Crippen LogP contribution in [0.5, 0.6) is 0 Å². The molecule has 2 unspecified atom stereocenters. The van der Waals surface area contributed by atoms with E-state index in [1.54, 1.807) is 6.92 Å². The van der Waals surface area contributed by atoms with E-state index < -0.39 is 12.1 Å². The minimum absolute atomic E-state index is 0. The number of aliphatic hydroxyl groups is 1. The summed E-state index contributed by atoms with van der Waals surface area (Å²) < 4.78 is 0. The summed E-state index contributed by atoms with van der Waals surface area (Å²) in [6.07, 6.45) is -0.496. The molecule has 2 atom stereocenters. The van der Waals surface area contributed by atoms with Gasteiger partial charge in [0.1, 0.15) is 0 Å². The molecule has 4 heteroatoms. The second-order valence-corrected chi connectivity index (χ2v) is 4.83. The third kappa shape index (κ3) is 4.97. The Balaban J connectivity index is 0.00000220. The van der Waals surface area contributed by atoms with Crippen molar-refractivity contribution in [3.63, 3.8) is 0 Å². The van der Waals surface area contributed by atoms with Gasteiger partial charge in [-0.3, -0.25) is 4.79 Å². The van der Waals surface area contributed by atoms with Crippen LogP contribution in [0.4, 0.5) is 0 Å². The molecule has 2 aromatic carbocycles. The normalized spacial score (nSPS) is 13.0. The number of ketones is 1. The van der Waals surface area contributed by atoms with Gasteiger partial charge in [-0.1, -0.05) is 60.7 Å². The summed E-state index contributed by atoms with van der Waals surface area (Å²) in [6.45, 7) is 2.07. The largest absolute Gasteiger partial charge is 0.392 e. The highest BCUT2D eigenvalue weighted by atomic mass is 35.5. The van der Waals surface area contributed by atoms with E-state index in [9.17, 15) is 9.90 Å². The fourth-order valence-corrected chi connectivity index (χ4v) is 2.06. The minimum atomic E-state index is -0.496. The van der Waals surface area contributed by atoms with Crippen molar-refractivity contribution in [2.24, 2.45) is 0 Å². The highest BCUT2D eigenvalue weighted by Crippen LogP contribution is 2.18. The lowest BCUT2D eigenvalue weighted by Crippen LogP contribution is -2.33. The molecule has 2 rings (SSSR count). The summed E-state index contributed by atoms with van der Waals surface area (Å²) in [4.78, 5) is 12.6. The van der Waals surface area contributed by atoms with E-state index >= 15 is 0 Å². The molecule has 0 heterocycles. The van der Waals surface area contributed by atoms with Crippen LogP contribution in [-0.4, -0.2) is 23.5 Å². The van der Waals surface area contributed by atoms with Crippen molar-refractivity contribution >= 4 is 18.2 Å². The highest BCUT2D eigenvalue weighted by Gasteiger charge is 2.21. The molecular weight excluding hydrogens is 286 g/mol. The first kappa shape index (κ1) is 17.4. The first-order chi connectivity index (χ1) is 9.68. The predicted octanol–water partition coefficient (Wildman–Crippen LogP) is 3.00. The Labute approximate surface area is 131 Å². The molecule has 0 saturated heterocycles. The molecule has 0 amide bonds. The third-order valence-electron chi connectivity index (χ3n) is 3.07. The SMILES string of the molecule is CC(O)CNC(C(=O)c1ccccc1)c1ccccc1.Cl. The number of Topliss-reactive ketones (excluding diaryl/α,β-unsaturated/α-hetero) is 1. The molecule has 2 aromatic rings. The molecule has 0 aromatic heterocycles. The summed E-state index contributed by atoms with van der Waals surface area (Å²) in [5.74, 6) is 0.0115. The van der Waals surface area contributed by atoms with Gasteiger partial charge in [0.25, 0.3) is 0 Å². The van der Waals surface area contributed by atoms with Gasteiger partial charge in [0.15, 0.2) is 5.78 Å². The molecular formula is C17H20ClNO2. The van der Waals surface area contributed by atoms with Crippen LogP contribution in [-0.2, 0) is 0 Å². The average Bonchev–Trinajstić information content (AvgIpc) is 2.49. The zero-order valence-electron chi connectivity index (χ0n) is 11.9. The van der Waals surface area contributed by atoms with E-state index in [0.717, 1.165) is 5.56 Å². The van der Waals surface area contributed by atoms with Crippen molar-refractivity contribution in [2.45, 2.75) is 19.1 Å². The van der Waals surface area contributed by atoms with Gasteiger partial charge in [-0.2, -0.15) is 0 Å². The van der Waals surface area contributed by atoms with Gasteiger partial charge in [0.05, 0.1) is 12.1 Å². The summed E-state index contributed by atoms with van der Waals surface area (Å²) in [5, 5.41) is 12.6. The number of rotatable bonds is 6. The maximum Gasteiger partial charge on any atom is 0.184 e. The number of halogens is 1. The van der Waals surface area contributed by atoms with Crippen molar-refractivity contribution in [1.29, 1.82) is 0 Å². The van der Waals surface area contributed by atoms with Crippen LogP contribution in [0, 0.1) is 0 Å². The summed E-state index contributed by atoms with van der Waals surface area (Å²) in [6, 6.07) is 18.3. The van der Waals surface area contributed by atoms with Crippen molar-refractivity contribution in [3.8, 4) is 0 Å². The zero-order valence-corrected chi connectivity index (χ0v) is 12.7. The molecule has 0 bridgehead atoms. The molecule has 2 N–H and O–H groups in total. The van der Waals surface area contributed by atoms with E-state index in [-0.39, 0.29) is 18.2 Å². The molecule has 0 radical (unpaired) electrons. The highest BCUT2D eigenvalue weighted by molar-refractivity contribution is 6.00. The van der Waals surface area contributed by atoms with E-state index in [1.165, 1.54) is 0 Å². The lowest BCUT2D eigenvalue weighted by molar-refractivity contribution is 0.0932. The molecule has 0 saturated carbocycles. The quantitative estimate of drug-likeness (QED) is 0.807. The standard InChI is InChI=1S/C17H19NO2.ClH/c1-13(19)12-18-16(14-8-4-2-5-9-14)17(20)15-10-6-3-7-11-15;/h2-11,13,16,18-19H,12H2,1H3;1H. The smallest absolute Gasteiger partial charge is 0.184 e. The molecule has 3 nitrogen and oxygen atoms in total. The van der Waals surface area contributed by atoms with Crippen molar-refractivity contribution < 1.29 is 9.90 Å². The Hall–Kier alpha value is -1.68. The maximum absolute atomic E-state index is 12.6. The van der Waals surface area contributed by atoms with Crippen LogP contribution in [0.3, 0.4) is 0 Å². The van der Waals surface area contributed by atoms with E-state index in [0.29, 0.717) is 12.1 Å². The van der Waals surface area contributed by atoms with Crippen LogP contribution >= 0.6 is 12.4 Å². The molecule has 0 fully saturated rings. The lowest BCUT2D eigenvalue weighted by Gasteiger charge is -2.19. The van der Waals surface area contributed by atoms with Crippen LogP contribution in [0.25, 0.3) is 0 Å². The summed E-state index contributed by atoms with van der Waals surface area (Å²) >= 11 is 0. The van der Waals surface area contributed by atoms with Gasteiger partial charge in [-0.15, -0.1) is 12.4 Å². The predicted molar refractivity (Wildman–Crippen MR) is 86.9 cm³/mol. The Morgan fingerprint density at radius 2 is 1.57 bits per heavy atom. The van der Waals surface area contributed by atoms with Gasteiger partial charge in [0.2, 0.25) is 0 Å². The van der Waals surface area contributed by atoms with Crippen molar-refractivity contribution in [1.82, 2.24) is 5.32 Å².